The lowest BCUT2D eigenvalue weighted by Gasteiger charge is -2.35. The van der Waals surface area contributed by atoms with Crippen molar-refractivity contribution in [3.05, 3.63) is 71.3 Å². The van der Waals surface area contributed by atoms with Crippen molar-refractivity contribution in [2.75, 3.05) is 6.61 Å². The summed E-state index contributed by atoms with van der Waals surface area (Å²) in [7, 11) is 0. The van der Waals surface area contributed by atoms with E-state index in [0.717, 1.165) is 19.5 Å². The van der Waals surface area contributed by atoms with E-state index in [0.29, 0.717) is 6.61 Å². The summed E-state index contributed by atoms with van der Waals surface area (Å²) >= 11 is 0. The van der Waals surface area contributed by atoms with E-state index < -0.39 is 0 Å². The van der Waals surface area contributed by atoms with Crippen LogP contribution in [0.25, 0.3) is 0 Å². The Bertz CT molecular complexity index is 639. The summed E-state index contributed by atoms with van der Waals surface area (Å²) in [5, 5.41) is 0. The number of hydrogen-bond acceptors (Lipinski definition) is 3. The SMILES string of the molecule is CCOC(=O)[C@@H]1Cc2ccccc2CN1Cc1ccccc1. The van der Waals surface area contributed by atoms with Gasteiger partial charge in [0.15, 0.2) is 0 Å². The van der Waals surface area contributed by atoms with Crippen LogP contribution in [0, 0.1) is 0 Å². The maximum absolute atomic E-state index is 12.3. The quantitative estimate of drug-likeness (QED) is 0.811. The lowest BCUT2D eigenvalue weighted by atomic mass is 9.93. The predicted octanol–water partition coefficient (Wildman–Crippen LogP) is 3.18. The summed E-state index contributed by atoms with van der Waals surface area (Å²) < 4.78 is 5.28. The molecule has 0 radical (unpaired) electrons. The number of ether oxygens (including phenoxy) is 1. The Labute approximate surface area is 131 Å². The van der Waals surface area contributed by atoms with Gasteiger partial charge in [-0.25, -0.2) is 0 Å². The van der Waals surface area contributed by atoms with Crippen LogP contribution in [-0.4, -0.2) is 23.5 Å². The molecule has 0 unspecified atom stereocenters. The van der Waals surface area contributed by atoms with Gasteiger partial charge in [-0.1, -0.05) is 54.6 Å². The van der Waals surface area contributed by atoms with Crippen LogP contribution in [0.1, 0.15) is 23.6 Å². The van der Waals surface area contributed by atoms with Gasteiger partial charge in [-0.15, -0.1) is 0 Å². The van der Waals surface area contributed by atoms with E-state index in [9.17, 15) is 4.79 Å². The summed E-state index contributed by atoms with van der Waals surface area (Å²) in [5.41, 5.74) is 3.78. The first-order valence-electron chi connectivity index (χ1n) is 7.79. The Morgan fingerprint density at radius 2 is 1.77 bits per heavy atom. The zero-order valence-corrected chi connectivity index (χ0v) is 12.9. The molecule has 0 aromatic heterocycles. The fourth-order valence-electron chi connectivity index (χ4n) is 3.03. The van der Waals surface area contributed by atoms with Crippen LogP contribution < -0.4 is 0 Å². The molecule has 3 heteroatoms. The van der Waals surface area contributed by atoms with Gasteiger partial charge in [0.1, 0.15) is 6.04 Å². The van der Waals surface area contributed by atoms with Crippen molar-refractivity contribution in [3.8, 4) is 0 Å². The summed E-state index contributed by atoms with van der Waals surface area (Å²) in [6, 6.07) is 18.4. The first kappa shape index (κ1) is 14.8. The summed E-state index contributed by atoms with van der Waals surface area (Å²) in [6.45, 7) is 3.83. The zero-order valence-electron chi connectivity index (χ0n) is 12.9. The molecule has 0 fully saturated rings. The van der Waals surface area contributed by atoms with E-state index in [1.807, 2.05) is 31.2 Å². The summed E-state index contributed by atoms with van der Waals surface area (Å²) in [6.07, 6.45) is 0.724. The van der Waals surface area contributed by atoms with Crippen molar-refractivity contribution in [1.29, 1.82) is 0 Å². The molecule has 1 aliphatic rings. The van der Waals surface area contributed by atoms with Crippen molar-refractivity contribution >= 4 is 5.97 Å². The molecule has 3 rings (SSSR count). The zero-order chi connectivity index (χ0) is 15.4. The molecular formula is C19H21NO2. The van der Waals surface area contributed by atoms with E-state index in [1.165, 1.54) is 16.7 Å². The third kappa shape index (κ3) is 3.20. The Morgan fingerprint density at radius 3 is 2.50 bits per heavy atom. The molecule has 1 aliphatic heterocycles. The maximum atomic E-state index is 12.3. The highest BCUT2D eigenvalue weighted by Gasteiger charge is 2.32. The third-order valence-electron chi connectivity index (χ3n) is 4.13. The molecule has 0 saturated carbocycles. The van der Waals surface area contributed by atoms with E-state index in [4.69, 9.17) is 4.74 Å². The molecular weight excluding hydrogens is 274 g/mol. The molecule has 0 bridgehead atoms. The van der Waals surface area contributed by atoms with Crippen LogP contribution in [0.2, 0.25) is 0 Å². The fourth-order valence-corrected chi connectivity index (χ4v) is 3.03. The number of carbonyl (C=O) groups excluding carboxylic acids is 1. The highest BCUT2D eigenvalue weighted by atomic mass is 16.5. The standard InChI is InChI=1S/C19H21NO2/c1-2-22-19(21)18-12-16-10-6-7-11-17(16)14-20(18)13-15-8-4-3-5-9-15/h3-11,18H,2,12-14H2,1H3/t18-/m0/s1. The molecule has 1 atom stereocenters. The van der Waals surface area contributed by atoms with Gasteiger partial charge in [0.2, 0.25) is 0 Å². The number of benzene rings is 2. The Kier molecular flexibility index (Phi) is 4.54. The molecule has 0 N–H and O–H groups in total. The molecule has 22 heavy (non-hydrogen) atoms. The lowest BCUT2D eigenvalue weighted by molar-refractivity contribution is -0.150. The highest BCUT2D eigenvalue weighted by molar-refractivity contribution is 5.76. The Morgan fingerprint density at radius 1 is 1.09 bits per heavy atom. The van der Waals surface area contributed by atoms with Crippen LogP contribution in [0.4, 0.5) is 0 Å². The molecule has 3 nitrogen and oxygen atoms in total. The number of fused-ring (bicyclic) bond motifs is 1. The first-order chi connectivity index (χ1) is 10.8. The summed E-state index contributed by atoms with van der Waals surface area (Å²) in [4.78, 5) is 14.6. The number of carbonyl (C=O) groups is 1. The van der Waals surface area contributed by atoms with Crippen LogP contribution in [0.3, 0.4) is 0 Å². The molecule has 114 valence electrons. The minimum atomic E-state index is -0.199. The van der Waals surface area contributed by atoms with Crippen molar-refractivity contribution in [3.63, 3.8) is 0 Å². The second-order valence-corrected chi connectivity index (χ2v) is 5.63. The van der Waals surface area contributed by atoms with Crippen molar-refractivity contribution in [1.82, 2.24) is 4.90 Å². The third-order valence-corrected chi connectivity index (χ3v) is 4.13. The van der Waals surface area contributed by atoms with Crippen LogP contribution in [0.5, 0.6) is 0 Å². The normalized spacial score (nSPS) is 17.8. The topological polar surface area (TPSA) is 29.5 Å². The molecule has 1 heterocycles. The molecule has 0 amide bonds. The predicted molar refractivity (Wildman–Crippen MR) is 86.3 cm³/mol. The van der Waals surface area contributed by atoms with E-state index in [2.05, 4.69) is 35.2 Å². The average molecular weight is 295 g/mol. The number of rotatable bonds is 4. The Balaban J connectivity index is 1.85. The highest BCUT2D eigenvalue weighted by Crippen LogP contribution is 2.25. The second kappa shape index (κ2) is 6.75. The maximum Gasteiger partial charge on any atom is 0.323 e. The van der Waals surface area contributed by atoms with E-state index in [-0.39, 0.29) is 12.0 Å². The van der Waals surface area contributed by atoms with Crippen molar-refractivity contribution in [2.24, 2.45) is 0 Å². The largest absolute Gasteiger partial charge is 0.465 e. The lowest BCUT2D eigenvalue weighted by Crippen LogP contribution is -2.45. The molecule has 0 saturated heterocycles. The average Bonchev–Trinajstić information content (AvgIpc) is 2.55. The van der Waals surface area contributed by atoms with Crippen molar-refractivity contribution < 1.29 is 9.53 Å². The van der Waals surface area contributed by atoms with Gasteiger partial charge in [0.25, 0.3) is 0 Å². The van der Waals surface area contributed by atoms with Gasteiger partial charge in [-0.3, -0.25) is 9.69 Å². The van der Waals surface area contributed by atoms with Gasteiger partial charge >= 0.3 is 5.97 Å². The second-order valence-electron chi connectivity index (χ2n) is 5.63. The number of esters is 1. The fraction of sp³-hybridized carbons (Fsp3) is 0.316. The van der Waals surface area contributed by atoms with Gasteiger partial charge in [0, 0.05) is 13.1 Å². The van der Waals surface area contributed by atoms with Gasteiger partial charge in [-0.2, -0.15) is 0 Å². The number of hydrogen-bond donors (Lipinski definition) is 0. The van der Waals surface area contributed by atoms with Gasteiger partial charge in [-0.05, 0) is 30.0 Å². The minimum Gasteiger partial charge on any atom is -0.465 e. The van der Waals surface area contributed by atoms with Gasteiger partial charge in [0.05, 0.1) is 6.61 Å². The van der Waals surface area contributed by atoms with Crippen LogP contribution >= 0.6 is 0 Å². The smallest absolute Gasteiger partial charge is 0.323 e. The van der Waals surface area contributed by atoms with E-state index >= 15 is 0 Å². The van der Waals surface area contributed by atoms with Gasteiger partial charge < -0.3 is 4.74 Å². The van der Waals surface area contributed by atoms with E-state index in [1.54, 1.807) is 0 Å². The first-order valence-corrected chi connectivity index (χ1v) is 7.79. The molecule has 2 aromatic carbocycles. The molecule has 0 aliphatic carbocycles. The van der Waals surface area contributed by atoms with Crippen LogP contribution in [0.15, 0.2) is 54.6 Å². The van der Waals surface area contributed by atoms with Crippen LogP contribution in [-0.2, 0) is 29.0 Å². The Hall–Kier alpha value is -2.13. The number of nitrogens with zero attached hydrogens (tertiary/aromatic N) is 1. The monoisotopic (exact) mass is 295 g/mol. The molecule has 2 aromatic rings. The summed E-state index contributed by atoms with van der Waals surface area (Å²) in [5.74, 6) is -0.118. The molecule has 0 spiro atoms. The minimum absolute atomic E-state index is 0.118. The van der Waals surface area contributed by atoms with Crippen molar-refractivity contribution in [2.45, 2.75) is 32.5 Å².